The summed E-state index contributed by atoms with van der Waals surface area (Å²) in [6, 6.07) is 8.72. The fourth-order valence-electron chi connectivity index (χ4n) is 2.50. The van der Waals surface area contributed by atoms with Gasteiger partial charge in [0.05, 0.1) is 5.69 Å². The molecule has 22 heavy (non-hydrogen) atoms. The van der Waals surface area contributed by atoms with Gasteiger partial charge in [0.2, 0.25) is 0 Å². The molecule has 2 heterocycles. The normalized spacial score (nSPS) is 15.0. The summed E-state index contributed by atoms with van der Waals surface area (Å²) in [6.07, 6.45) is 0. The zero-order valence-electron chi connectivity index (χ0n) is 12.3. The first-order valence-corrected chi connectivity index (χ1v) is 7.15. The van der Waals surface area contributed by atoms with Crippen LogP contribution in [0.15, 0.2) is 34.9 Å². The Kier molecular flexibility index (Phi) is 3.86. The third-order valence-electron chi connectivity index (χ3n) is 3.65. The smallest absolute Gasteiger partial charge is 0.323 e. The molecule has 116 valence electrons. The molecule has 2 aromatic rings. The Balaban J connectivity index is 1.57. The molecule has 0 saturated carbocycles. The van der Waals surface area contributed by atoms with Crippen LogP contribution in [0.1, 0.15) is 5.76 Å². The first kappa shape index (κ1) is 14.2. The van der Waals surface area contributed by atoms with Gasteiger partial charge in [-0.15, -0.1) is 0 Å². The van der Waals surface area contributed by atoms with Crippen LogP contribution in [0.5, 0.6) is 5.75 Å². The SMILES string of the molecule is Cc1cc(NC(=O)N2CCN(c3ccccc3O)CC2)no1. The predicted octanol–water partition coefficient (Wildman–Crippen LogP) is 2.04. The molecule has 0 bridgehead atoms. The molecule has 7 nitrogen and oxygen atoms in total. The third-order valence-corrected chi connectivity index (χ3v) is 3.65. The molecule has 1 aliphatic rings. The average molecular weight is 302 g/mol. The summed E-state index contributed by atoms with van der Waals surface area (Å²) in [5.74, 6) is 1.34. The number of piperazine rings is 1. The van der Waals surface area contributed by atoms with Gasteiger partial charge in [-0.1, -0.05) is 17.3 Å². The molecule has 1 fully saturated rings. The summed E-state index contributed by atoms with van der Waals surface area (Å²) >= 11 is 0. The number of phenolic OH excluding ortho intramolecular Hbond substituents is 1. The lowest BCUT2D eigenvalue weighted by Crippen LogP contribution is -2.50. The van der Waals surface area contributed by atoms with Crippen LogP contribution in [0.2, 0.25) is 0 Å². The molecule has 1 aromatic carbocycles. The monoisotopic (exact) mass is 302 g/mol. The third kappa shape index (κ3) is 2.98. The number of aromatic hydroxyl groups is 1. The number of aryl methyl sites for hydroxylation is 1. The summed E-state index contributed by atoms with van der Waals surface area (Å²) in [6.45, 7) is 4.27. The maximum Gasteiger partial charge on any atom is 0.323 e. The minimum absolute atomic E-state index is 0.190. The second-order valence-electron chi connectivity index (χ2n) is 5.22. The van der Waals surface area contributed by atoms with Crippen LogP contribution >= 0.6 is 0 Å². The molecule has 0 spiro atoms. The van der Waals surface area contributed by atoms with Gasteiger partial charge in [0.1, 0.15) is 11.5 Å². The number of benzene rings is 1. The second kappa shape index (κ2) is 5.97. The Morgan fingerprint density at radius 2 is 2.00 bits per heavy atom. The van der Waals surface area contributed by atoms with Gasteiger partial charge in [0.25, 0.3) is 0 Å². The summed E-state index contributed by atoms with van der Waals surface area (Å²) in [5, 5.41) is 16.3. The minimum atomic E-state index is -0.190. The van der Waals surface area contributed by atoms with Crippen LogP contribution in [0.25, 0.3) is 0 Å². The topological polar surface area (TPSA) is 81.8 Å². The van der Waals surface area contributed by atoms with Crippen molar-refractivity contribution in [3.8, 4) is 5.75 Å². The Hall–Kier alpha value is -2.70. The lowest BCUT2D eigenvalue weighted by molar-refractivity contribution is 0.208. The number of hydrogen-bond donors (Lipinski definition) is 2. The molecule has 1 aromatic heterocycles. The Bertz CT molecular complexity index is 662. The standard InChI is InChI=1S/C15H18N4O3/c1-11-10-14(17-22-11)16-15(21)19-8-6-18(7-9-19)12-4-2-3-5-13(12)20/h2-5,10,20H,6-9H2,1H3,(H,16,17,21). The van der Waals surface area contributed by atoms with Crippen LogP contribution in [0, 0.1) is 6.92 Å². The van der Waals surface area contributed by atoms with E-state index in [1.54, 1.807) is 30.0 Å². The lowest BCUT2D eigenvalue weighted by Gasteiger charge is -2.36. The van der Waals surface area contributed by atoms with Gasteiger partial charge in [-0.3, -0.25) is 5.32 Å². The molecule has 0 radical (unpaired) electrons. The molecule has 1 aliphatic heterocycles. The average Bonchev–Trinajstić information content (AvgIpc) is 2.93. The first-order valence-electron chi connectivity index (χ1n) is 7.15. The van der Waals surface area contributed by atoms with E-state index in [2.05, 4.69) is 15.4 Å². The maximum atomic E-state index is 12.2. The van der Waals surface area contributed by atoms with Crippen molar-refractivity contribution in [3.63, 3.8) is 0 Å². The summed E-state index contributed by atoms with van der Waals surface area (Å²) in [4.78, 5) is 15.9. The number of nitrogens with one attached hydrogen (secondary N) is 1. The van der Waals surface area contributed by atoms with Gasteiger partial charge >= 0.3 is 6.03 Å². The number of rotatable bonds is 2. The number of aromatic nitrogens is 1. The van der Waals surface area contributed by atoms with E-state index in [4.69, 9.17) is 4.52 Å². The number of nitrogens with zero attached hydrogens (tertiary/aromatic N) is 3. The van der Waals surface area contributed by atoms with Gasteiger partial charge < -0.3 is 19.4 Å². The number of phenols is 1. The Morgan fingerprint density at radius 3 is 2.64 bits per heavy atom. The molecular weight excluding hydrogens is 284 g/mol. The maximum absolute atomic E-state index is 12.2. The van der Waals surface area contributed by atoms with Crippen LogP contribution < -0.4 is 10.2 Å². The van der Waals surface area contributed by atoms with Crippen LogP contribution in [-0.2, 0) is 0 Å². The highest BCUT2D eigenvalue weighted by molar-refractivity contribution is 5.88. The fourth-order valence-corrected chi connectivity index (χ4v) is 2.50. The van der Waals surface area contributed by atoms with E-state index >= 15 is 0 Å². The van der Waals surface area contributed by atoms with Crippen LogP contribution in [0.4, 0.5) is 16.3 Å². The molecule has 3 rings (SSSR count). The zero-order valence-corrected chi connectivity index (χ0v) is 12.3. The van der Waals surface area contributed by atoms with Crippen molar-refractivity contribution in [2.75, 3.05) is 36.4 Å². The number of carbonyl (C=O) groups excluding carboxylic acids is 1. The first-order chi connectivity index (χ1) is 10.6. The molecule has 1 saturated heterocycles. The van der Waals surface area contributed by atoms with Crippen molar-refractivity contribution in [2.45, 2.75) is 6.92 Å². The van der Waals surface area contributed by atoms with E-state index in [-0.39, 0.29) is 11.8 Å². The molecule has 2 N–H and O–H groups in total. The van der Waals surface area contributed by atoms with Crippen LogP contribution in [0.3, 0.4) is 0 Å². The van der Waals surface area contributed by atoms with Gasteiger partial charge in [-0.25, -0.2) is 4.79 Å². The van der Waals surface area contributed by atoms with E-state index in [1.165, 1.54) is 0 Å². The minimum Gasteiger partial charge on any atom is -0.506 e. The Labute approximate surface area is 128 Å². The highest BCUT2D eigenvalue weighted by Gasteiger charge is 2.23. The molecule has 0 aliphatic carbocycles. The quantitative estimate of drug-likeness (QED) is 0.887. The van der Waals surface area contributed by atoms with Gasteiger partial charge in [0, 0.05) is 32.2 Å². The van der Waals surface area contributed by atoms with E-state index in [0.29, 0.717) is 37.8 Å². The second-order valence-corrected chi connectivity index (χ2v) is 5.22. The number of anilines is 2. The fraction of sp³-hybridized carbons (Fsp3) is 0.333. The van der Waals surface area contributed by atoms with Gasteiger partial charge in [0.15, 0.2) is 5.82 Å². The highest BCUT2D eigenvalue weighted by atomic mass is 16.5. The molecule has 2 amide bonds. The van der Waals surface area contributed by atoms with E-state index < -0.39 is 0 Å². The van der Waals surface area contributed by atoms with Crippen molar-refractivity contribution in [1.29, 1.82) is 0 Å². The summed E-state index contributed by atoms with van der Waals surface area (Å²) < 4.78 is 4.92. The predicted molar refractivity (Wildman–Crippen MR) is 82.2 cm³/mol. The molecule has 0 unspecified atom stereocenters. The number of urea groups is 1. The summed E-state index contributed by atoms with van der Waals surface area (Å²) in [5.41, 5.74) is 0.801. The zero-order chi connectivity index (χ0) is 15.5. The van der Waals surface area contributed by atoms with Crippen molar-refractivity contribution in [1.82, 2.24) is 10.1 Å². The van der Waals surface area contributed by atoms with E-state index in [9.17, 15) is 9.90 Å². The van der Waals surface area contributed by atoms with Gasteiger partial charge in [-0.2, -0.15) is 0 Å². The van der Waals surface area contributed by atoms with E-state index in [1.807, 2.05) is 12.1 Å². The van der Waals surface area contributed by atoms with Crippen molar-refractivity contribution < 1.29 is 14.4 Å². The number of carbonyl (C=O) groups is 1. The van der Waals surface area contributed by atoms with Crippen molar-refractivity contribution in [2.24, 2.45) is 0 Å². The molecular formula is C15H18N4O3. The molecule has 7 heteroatoms. The Morgan fingerprint density at radius 1 is 1.27 bits per heavy atom. The largest absolute Gasteiger partial charge is 0.506 e. The summed E-state index contributed by atoms with van der Waals surface area (Å²) in [7, 11) is 0. The lowest BCUT2D eigenvalue weighted by atomic mass is 10.2. The molecule has 0 atom stereocenters. The van der Waals surface area contributed by atoms with Crippen molar-refractivity contribution >= 4 is 17.5 Å². The van der Waals surface area contributed by atoms with E-state index in [0.717, 1.165) is 5.69 Å². The van der Waals surface area contributed by atoms with Crippen LogP contribution in [-0.4, -0.2) is 47.4 Å². The number of hydrogen-bond acceptors (Lipinski definition) is 5. The van der Waals surface area contributed by atoms with Gasteiger partial charge in [-0.05, 0) is 19.1 Å². The number of para-hydroxylation sites is 2. The van der Waals surface area contributed by atoms with Crippen molar-refractivity contribution in [3.05, 3.63) is 36.1 Å². The number of amides is 2. The highest BCUT2D eigenvalue weighted by Crippen LogP contribution is 2.27.